The molecule has 0 saturated heterocycles. The van der Waals surface area contributed by atoms with Crippen molar-refractivity contribution in [2.75, 3.05) is 12.4 Å². The first kappa shape index (κ1) is 14.1. The van der Waals surface area contributed by atoms with E-state index in [1.807, 2.05) is 12.1 Å². The Morgan fingerprint density at radius 2 is 2.00 bits per heavy atom. The van der Waals surface area contributed by atoms with Gasteiger partial charge in [-0.25, -0.2) is 0 Å². The molecule has 0 aliphatic heterocycles. The number of carbonyl (C=O) groups excluding carboxylic acids is 1. The molecule has 1 aromatic carbocycles. The Morgan fingerprint density at radius 1 is 1.25 bits per heavy atom. The minimum atomic E-state index is -0.116. The molecule has 0 unspecified atom stereocenters. The molecule has 104 valence electrons. The fourth-order valence-electron chi connectivity index (χ4n) is 1.61. The lowest BCUT2D eigenvalue weighted by atomic mass is 10.2. The summed E-state index contributed by atoms with van der Waals surface area (Å²) in [5.74, 6) is 0.694. The van der Waals surface area contributed by atoms with E-state index in [2.05, 4.69) is 16.0 Å². The number of thiocarbonyl (C=S) groups is 1. The largest absolute Gasteiger partial charge is 0.467 e. The van der Waals surface area contributed by atoms with E-state index in [0.717, 1.165) is 11.4 Å². The average Bonchev–Trinajstić information content (AvgIpc) is 2.98. The molecule has 5 nitrogen and oxygen atoms in total. The van der Waals surface area contributed by atoms with E-state index in [0.29, 0.717) is 17.2 Å². The van der Waals surface area contributed by atoms with Crippen LogP contribution in [0.1, 0.15) is 16.1 Å². The van der Waals surface area contributed by atoms with Gasteiger partial charge in [0.05, 0.1) is 12.8 Å². The molecule has 1 amide bonds. The van der Waals surface area contributed by atoms with Gasteiger partial charge in [-0.1, -0.05) is 0 Å². The highest BCUT2D eigenvalue weighted by Gasteiger charge is 2.03. The molecule has 0 aliphatic carbocycles. The van der Waals surface area contributed by atoms with Crippen molar-refractivity contribution in [3.05, 3.63) is 54.0 Å². The second-order valence-corrected chi connectivity index (χ2v) is 4.45. The molecule has 1 aromatic heterocycles. The molecule has 0 aliphatic rings. The first-order chi connectivity index (χ1) is 9.69. The van der Waals surface area contributed by atoms with Crippen LogP contribution in [-0.4, -0.2) is 18.1 Å². The molecule has 0 spiro atoms. The number of carbonyl (C=O) groups is 1. The molecule has 0 bridgehead atoms. The average molecular weight is 289 g/mol. The van der Waals surface area contributed by atoms with Crippen LogP contribution in [-0.2, 0) is 6.54 Å². The second kappa shape index (κ2) is 6.72. The summed E-state index contributed by atoms with van der Waals surface area (Å²) in [6.45, 7) is 0.523. The van der Waals surface area contributed by atoms with Gasteiger partial charge in [-0.2, -0.15) is 0 Å². The van der Waals surface area contributed by atoms with Crippen molar-refractivity contribution in [3.8, 4) is 0 Å². The van der Waals surface area contributed by atoms with Gasteiger partial charge in [-0.15, -0.1) is 0 Å². The molecule has 0 fully saturated rings. The van der Waals surface area contributed by atoms with E-state index < -0.39 is 0 Å². The monoisotopic (exact) mass is 289 g/mol. The third-order valence-corrected chi connectivity index (χ3v) is 2.88. The van der Waals surface area contributed by atoms with Crippen LogP contribution in [0.2, 0.25) is 0 Å². The van der Waals surface area contributed by atoms with E-state index in [4.69, 9.17) is 16.6 Å². The van der Waals surface area contributed by atoms with Crippen molar-refractivity contribution < 1.29 is 9.21 Å². The highest BCUT2D eigenvalue weighted by atomic mass is 32.1. The third kappa shape index (κ3) is 3.83. The smallest absolute Gasteiger partial charge is 0.251 e. The number of benzene rings is 1. The van der Waals surface area contributed by atoms with Gasteiger partial charge < -0.3 is 20.4 Å². The van der Waals surface area contributed by atoms with Crippen molar-refractivity contribution in [1.82, 2.24) is 10.6 Å². The van der Waals surface area contributed by atoms with Crippen LogP contribution in [0.5, 0.6) is 0 Å². The Kier molecular flexibility index (Phi) is 4.73. The van der Waals surface area contributed by atoms with Gasteiger partial charge in [0, 0.05) is 18.3 Å². The zero-order chi connectivity index (χ0) is 14.4. The first-order valence-electron chi connectivity index (χ1n) is 6.08. The summed E-state index contributed by atoms with van der Waals surface area (Å²) < 4.78 is 5.19. The molecular formula is C14H15N3O2S. The quantitative estimate of drug-likeness (QED) is 0.752. The normalized spacial score (nSPS) is 9.85. The maximum Gasteiger partial charge on any atom is 0.251 e. The standard InChI is InChI=1S/C14H15N3O2S/c1-15-13(18)10-4-6-11(7-5-10)17-14(20)16-9-12-3-2-8-19-12/h2-8H,9H2,1H3,(H,15,18)(H2,16,17,20). The van der Waals surface area contributed by atoms with E-state index in [-0.39, 0.29) is 5.91 Å². The minimum absolute atomic E-state index is 0.116. The molecular weight excluding hydrogens is 274 g/mol. The van der Waals surface area contributed by atoms with Gasteiger partial charge in [0.15, 0.2) is 5.11 Å². The van der Waals surface area contributed by atoms with Crippen LogP contribution in [0.3, 0.4) is 0 Å². The lowest BCUT2D eigenvalue weighted by Crippen LogP contribution is -2.27. The second-order valence-electron chi connectivity index (χ2n) is 4.04. The Bertz CT molecular complexity index is 579. The summed E-state index contributed by atoms with van der Waals surface area (Å²) in [5, 5.41) is 9.13. The van der Waals surface area contributed by atoms with Crippen molar-refractivity contribution in [3.63, 3.8) is 0 Å². The van der Waals surface area contributed by atoms with Gasteiger partial charge in [-0.05, 0) is 48.6 Å². The Labute approximate surface area is 122 Å². The molecule has 6 heteroatoms. The number of amides is 1. The van der Waals surface area contributed by atoms with Crippen LogP contribution < -0.4 is 16.0 Å². The van der Waals surface area contributed by atoms with Crippen LogP contribution >= 0.6 is 12.2 Å². The fraction of sp³-hybridized carbons (Fsp3) is 0.143. The summed E-state index contributed by atoms with van der Waals surface area (Å²) in [5.41, 5.74) is 1.42. The van der Waals surface area contributed by atoms with Gasteiger partial charge >= 0.3 is 0 Å². The molecule has 2 aromatic rings. The molecule has 0 atom stereocenters. The lowest BCUT2D eigenvalue weighted by molar-refractivity contribution is 0.0963. The molecule has 0 radical (unpaired) electrons. The predicted octanol–water partition coefficient (Wildman–Crippen LogP) is 2.13. The fourth-order valence-corrected chi connectivity index (χ4v) is 1.80. The van der Waals surface area contributed by atoms with Crippen molar-refractivity contribution in [2.24, 2.45) is 0 Å². The van der Waals surface area contributed by atoms with Crippen LogP contribution in [0, 0.1) is 0 Å². The Balaban J connectivity index is 1.86. The van der Waals surface area contributed by atoms with Gasteiger partial charge in [0.2, 0.25) is 0 Å². The van der Waals surface area contributed by atoms with E-state index in [1.165, 1.54) is 0 Å². The zero-order valence-electron chi connectivity index (χ0n) is 11.0. The topological polar surface area (TPSA) is 66.3 Å². The maximum absolute atomic E-state index is 11.4. The summed E-state index contributed by atoms with van der Waals surface area (Å²) in [6, 6.07) is 10.8. The summed E-state index contributed by atoms with van der Waals surface area (Å²) in [4.78, 5) is 11.4. The molecule has 2 rings (SSSR count). The van der Waals surface area contributed by atoms with Gasteiger partial charge in [0.25, 0.3) is 5.91 Å². The number of hydrogen-bond acceptors (Lipinski definition) is 3. The predicted molar refractivity (Wildman–Crippen MR) is 81.6 cm³/mol. The molecule has 20 heavy (non-hydrogen) atoms. The highest BCUT2D eigenvalue weighted by Crippen LogP contribution is 2.09. The summed E-state index contributed by atoms with van der Waals surface area (Å²) in [6.07, 6.45) is 1.62. The summed E-state index contributed by atoms with van der Waals surface area (Å²) >= 11 is 5.17. The SMILES string of the molecule is CNC(=O)c1ccc(NC(=S)NCc2ccco2)cc1. The highest BCUT2D eigenvalue weighted by molar-refractivity contribution is 7.80. The first-order valence-corrected chi connectivity index (χ1v) is 6.49. The number of nitrogens with one attached hydrogen (secondary N) is 3. The van der Waals surface area contributed by atoms with Crippen LogP contribution in [0.25, 0.3) is 0 Å². The van der Waals surface area contributed by atoms with Crippen molar-refractivity contribution >= 4 is 28.9 Å². The van der Waals surface area contributed by atoms with E-state index in [9.17, 15) is 4.79 Å². The number of rotatable bonds is 4. The van der Waals surface area contributed by atoms with E-state index in [1.54, 1.807) is 37.6 Å². The van der Waals surface area contributed by atoms with Crippen molar-refractivity contribution in [2.45, 2.75) is 6.54 Å². The third-order valence-electron chi connectivity index (χ3n) is 2.64. The number of anilines is 1. The van der Waals surface area contributed by atoms with Crippen LogP contribution in [0.15, 0.2) is 47.1 Å². The molecule has 1 heterocycles. The maximum atomic E-state index is 11.4. The number of furan rings is 1. The van der Waals surface area contributed by atoms with Gasteiger partial charge in [-0.3, -0.25) is 4.79 Å². The van der Waals surface area contributed by atoms with Crippen LogP contribution in [0.4, 0.5) is 5.69 Å². The molecule has 3 N–H and O–H groups in total. The minimum Gasteiger partial charge on any atom is -0.467 e. The van der Waals surface area contributed by atoms with Crippen molar-refractivity contribution in [1.29, 1.82) is 0 Å². The summed E-state index contributed by atoms with van der Waals surface area (Å²) in [7, 11) is 1.60. The Hall–Kier alpha value is -2.34. The molecule has 0 saturated carbocycles. The Morgan fingerprint density at radius 3 is 2.60 bits per heavy atom. The van der Waals surface area contributed by atoms with E-state index >= 15 is 0 Å². The van der Waals surface area contributed by atoms with Gasteiger partial charge in [0.1, 0.15) is 5.76 Å². The zero-order valence-corrected chi connectivity index (χ0v) is 11.8. The number of hydrogen-bond donors (Lipinski definition) is 3. The lowest BCUT2D eigenvalue weighted by Gasteiger charge is -2.09.